The van der Waals surface area contributed by atoms with Crippen molar-refractivity contribution >= 4 is 56.9 Å². The Morgan fingerprint density at radius 3 is 2.81 bits per heavy atom. The summed E-state index contributed by atoms with van der Waals surface area (Å²) in [4.78, 5) is 10.3. The molecular weight excluding hydrogens is 392 g/mol. The number of thiophene rings is 1. The molecule has 0 aliphatic heterocycles. The Morgan fingerprint density at radius 1 is 1.07 bits per heavy atom. The van der Waals surface area contributed by atoms with Gasteiger partial charge in [-0.3, -0.25) is 0 Å². The molecule has 2 heterocycles. The van der Waals surface area contributed by atoms with Crippen LogP contribution in [-0.4, -0.2) is 9.97 Å². The van der Waals surface area contributed by atoms with Crippen molar-refractivity contribution in [3.8, 4) is 0 Å². The van der Waals surface area contributed by atoms with E-state index in [0.29, 0.717) is 0 Å². The second-order valence-corrected chi connectivity index (χ2v) is 8.57. The SMILES string of the molecule is Cc1c(/C=C/c2ccnc(SCc3cccc(Cl)c3)n2)sc2ccccc12. The second kappa shape index (κ2) is 8.26. The highest BCUT2D eigenvalue weighted by Crippen LogP contribution is 2.31. The maximum Gasteiger partial charge on any atom is 0.188 e. The number of rotatable bonds is 5. The van der Waals surface area contributed by atoms with Crippen LogP contribution in [0.4, 0.5) is 0 Å². The minimum absolute atomic E-state index is 0.754. The predicted molar refractivity (Wildman–Crippen MR) is 119 cm³/mol. The lowest BCUT2D eigenvalue weighted by molar-refractivity contribution is 0.957. The normalized spacial score (nSPS) is 11.5. The third-order valence-electron chi connectivity index (χ3n) is 4.20. The van der Waals surface area contributed by atoms with Crippen LogP contribution in [0, 0.1) is 6.92 Å². The number of hydrogen-bond donors (Lipinski definition) is 0. The zero-order valence-electron chi connectivity index (χ0n) is 14.7. The van der Waals surface area contributed by atoms with Gasteiger partial charge in [0.1, 0.15) is 0 Å². The Kier molecular flexibility index (Phi) is 5.58. The smallest absolute Gasteiger partial charge is 0.188 e. The average molecular weight is 409 g/mol. The maximum absolute atomic E-state index is 6.04. The van der Waals surface area contributed by atoms with Crippen LogP contribution in [-0.2, 0) is 5.75 Å². The number of thioether (sulfide) groups is 1. The molecule has 0 fully saturated rings. The summed E-state index contributed by atoms with van der Waals surface area (Å²) in [6.45, 7) is 2.17. The Morgan fingerprint density at radius 2 is 1.96 bits per heavy atom. The summed E-state index contributed by atoms with van der Waals surface area (Å²) >= 11 is 9.47. The molecule has 0 amide bonds. The molecule has 0 saturated carbocycles. The Bertz CT molecular complexity index is 1120. The minimum Gasteiger partial charge on any atom is -0.231 e. The van der Waals surface area contributed by atoms with E-state index in [4.69, 9.17) is 11.6 Å². The van der Waals surface area contributed by atoms with Gasteiger partial charge < -0.3 is 0 Å². The second-order valence-electron chi connectivity index (χ2n) is 6.10. The lowest BCUT2D eigenvalue weighted by Gasteiger charge is -2.02. The number of hydrogen-bond acceptors (Lipinski definition) is 4. The first-order chi connectivity index (χ1) is 13.2. The van der Waals surface area contributed by atoms with Crippen LogP contribution in [0.25, 0.3) is 22.2 Å². The van der Waals surface area contributed by atoms with Crippen molar-refractivity contribution < 1.29 is 0 Å². The molecule has 0 radical (unpaired) electrons. The summed E-state index contributed by atoms with van der Waals surface area (Å²) in [6, 6.07) is 18.3. The Hall–Kier alpha value is -2.14. The first-order valence-corrected chi connectivity index (χ1v) is 10.7. The Labute approximate surface area is 172 Å². The number of halogens is 1. The number of benzene rings is 2. The van der Waals surface area contributed by atoms with E-state index in [0.717, 1.165) is 27.2 Å². The molecule has 0 saturated heterocycles. The predicted octanol–water partition coefficient (Wildman–Crippen LogP) is 7.12. The van der Waals surface area contributed by atoms with E-state index in [1.165, 1.54) is 20.5 Å². The van der Waals surface area contributed by atoms with Crippen LogP contribution < -0.4 is 0 Å². The molecule has 4 aromatic rings. The summed E-state index contributed by atoms with van der Waals surface area (Å²) in [6.07, 6.45) is 6.02. The molecule has 2 aromatic carbocycles. The molecule has 0 atom stereocenters. The Balaban J connectivity index is 1.50. The first kappa shape index (κ1) is 18.2. The molecule has 0 spiro atoms. The monoisotopic (exact) mass is 408 g/mol. The van der Waals surface area contributed by atoms with Crippen LogP contribution in [0.1, 0.15) is 21.7 Å². The number of aryl methyl sites for hydroxylation is 1. The van der Waals surface area contributed by atoms with E-state index in [1.54, 1.807) is 11.8 Å². The fourth-order valence-electron chi connectivity index (χ4n) is 2.80. The number of fused-ring (bicyclic) bond motifs is 1. The fourth-order valence-corrected chi connectivity index (χ4v) is 4.91. The van der Waals surface area contributed by atoms with Crippen LogP contribution in [0.5, 0.6) is 0 Å². The molecule has 2 nitrogen and oxygen atoms in total. The maximum atomic E-state index is 6.04. The molecule has 0 N–H and O–H groups in total. The van der Waals surface area contributed by atoms with Gasteiger partial charge in [-0.05, 0) is 59.9 Å². The lowest BCUT2D eigenvalue weighted by Crippen LogP contribution is -1.89. The standard InChI is InChI=1S/C22H17ClN2S2/c1-15-19-7-2-3-8-21(19)27-20(15)10-9-18-11-12-24-22(25-18)26-14-16-5-4-6-17(23)13-16/h2-13H,14H2,1H3/b10-9+. The van der Waals surface area contributed by atoms with Gasteiger partial charge in [0.2, 0.25) is 0 Å². The lowest BCUT2D eigenvalue weighted by atomic mass is 10.1. The summed E-state index contributed by atoms with van der Waals surface area (Å²) in [5, 5.41) is 2.84. The van der Waals surface area contributed by atoms with Crippen LogP contribution in [0.2, 0.25) is 5.02 Å². The van der Waals surface area contributed by atoms with Crippen molar-refractivity contribution in [1.82, 2.24) is 9.97 Å². The van der Waals surface area contributed by atoms with Gasteiger partial charge in [0.25, 0.3) is 0 Å². The van der Waals surface area contributed by atoms with Gasteiger partial charge in [-0.2, -0.15) is 0 Å². The van der Waals surface area contributed by atoms with Crippen LogP contribution in [0.15, 0.2) is 66.0 Å². The number of nitrogens with zero attached hydrogens (tertiary/aromatic N) is 2. The summed E-state index contributed by atoms with van der Waals surface area (Å²) in [5.74, 6) is 0.795. The van der Waals surface area contributed by atoms with E-state index < -0.39 is 0 Å². The highest BCUT2D eigenvalue weighted by atomic mass is 35.5. The third-order valence-corrected chi connectivity index (χ3v) is 6.60. The van der Waals surface area contributed by atoms with Gasteiger partial charge in [0.05, 0.1) is 5.69 Å². The van der Waals surface area contributed by atoms with Gasteiger partial charge in [0, 0.05) is 26.5 Å². The van der Waals surface area contributed by atoms with Crippen LogP contribution >= 0.6 is 34.7 Å². The highest BCUT2D eigenvalue weighted by Gasteiger charge is 2.05. The van der Waals surface area contributed by atoms with E-state index in [2.05, 4.69) is 59.4 Å². The highest BCUT2D eigenvalue weighted by molar-refractivity contribution is 7.98. The van der Waals surface area contributed by atoms with Gasteiger partial charge >= 0.3 is 0 Å². The van der Waals surface area contributed by atoms with Crippen molar-refractivity contribution in [3.63, 3.8) is 0 Å². The molecule has 2 aromatic heterocycles. The van der Waals surface area contributed by atoms with E-state index in [-0.39, 0.29) is 0 Å². The minimum atomic E-state index is 0.754. The van der Waals surface area contributed by atoms with Gasteiger partial charge in [-0.15, -0.1) is 11.3 Å². The molecule has 0 unspecified atom stereocenters. The molecule has 4 rings (SSSR count). The van der Waals surface area contributed by atoms with Crippen molar-refractivity contribution in [2.75, 3.05) is 0 Å². The average Bonchev–Trinajstić information content (AvgIpc) is 3.01. The van der Waals surface area contributed by atoms with Gasteiger partial charge in [-0.1, -0.05) is 53.7 Å². The van der Waals surface area contributed by atoms with E-state index >= 15 is 0 Å². The van der Waals surface area contributed by atoms with Gasteiger partial charge in [0.15, 0.2) is 5.16 Å². The molecular formula is C22H17ClN2S2. The largest absolute Gasteiger partial charge is 0.231 e. The summed E-state index contributed by atoms with van der Waals surface area (Å²) in [5.41, 5.74) is 3.39. The topological polar surface area (TPSA) is 25.8 Å². The molecule has 0 aliphatic carbocycles. The number of aromatic nitrogens is 2. The van der Waals surface area contributed by atoms with E-state index in [1.807, 2.05) is 41.8 Å². The van der Waals surface area contributed by atoms with Crippen molar-refractivity contribution in [3.05, 3.63) is 87.5 Å². The molecule has 134 valence electrons. The molecule has 5 heteroatoms. The van der Waals surface area contributed by atoms with Crippen molar-refractivity contribution in [1.29, 1.82) is 0 Å². The molecule has 0 bridgehead atoms. The quantitative estimate of drug-likeness (QED) is 0.260. The summed E-state index contributed by atoms with van der Waals surface area (Å²) < 4.78 is 1.31. The zero-order chi connectivity index (χ0) is 18.6. The zero-order valence-corrected chi connectivity index (χ0v) is 17.1. The van der Waals surface area contributed by atoms with Crippen molar-refractivity contribution in [2.24, 2.45) is 0 Å². The molecule has 0 aliphatic rings. The van der Waals surface area contributed by atoms with Crippen molar-refractivity contribution in [2.45, 2.75) is 17.8 Å². The van der Waals surface area contributed by atoms with E-state index in [9.17, 15) is 0 Å². The first-order valence-electron chi connectivity index (χ1n) is 8.55. The summed E-state index contributed by atoms with van der Waals surface area (Å²) in [7, 11) is 0. The third kappa shape index (κ3) is 4.41. The fraction of sp³-hybridized carbons (Fsp3) is 0.0909. The van der Waals surface area contributed by atoms with Gasteiger partial charge in [-0.25, -0.2) is 9.97 Å². The van der Waals surface area contributed by atoms with Crippen LogP contribution in [0.3, 0.4) is 0 Å². The molecule has 27 heavy (non-hydrogen) atoms.